The third-order valence-corrected chi connectivity index (χ3v) is 5.01. The average Bonchev–Trinajstić information content (AvgIpc) is 2.81. The van der Waals surface area contributed by atoms with Crippen LogP contribution in [0.25, 0.3) is 5.57 Å². The molecule has 0 spiro atoms. The van der Waals surface area contributed by atoms with Crippen molar-refractivity contribution in [3.8, 4) is 5.75 Å². The molecule has 0 fully saturated rings. The number of hydrogen-bond acceptors (Lipinski definition) is 3. The van der Waals surface area contributed by atoms with E-state index in [1.165, 1.54) is 11.1 Å². The molecule has 2 N–H and O–H groups in total. The van der Waals surface area contributed by atoms with Gasteiger partial charge in [0.1, 0.15) is 12.3 Å². The van der Waals surface area contributed by atoms with Crippen LogP contribution in [0, 0.1) is 0 Å². The summed E-state index contributed by atoms with van der Waals surface area (Å²) in [5.41, 5.74) is 3.66. The van der Waals surface area contributed by atoms with Crippen molar-refractivity contribution < 1.29 is 9.53 Å². The Morgan fingerprint density at radius 2 is 1.87 bits per heavy atom. The molecule has 0 unspecified atom stereocenters. The Kier molecular flexibility index (Phi) is 7.89. The number of guanidine groups is 1. The molecule has 158 valence electrons. The first-order chi connectivity index (χ1) is 14.7. The number of nitrogens with zero attached hydrogens (tertiary/aromatic N) is 2. The van der Waals surface area contributed by atoms with Gasteiger partial charge in [-0.1, -0.05) is 48.5 Å². The van der Waals surface area contributed by atoms with Crippen molar-refractivity contribution in [3.05, 3.63) is 71.8 Å². The van der Waals surface area contributed by atoms with Crippen LogP contribution in [-0.2, 0) is 11.3 Å². The lowest BCUT2D eigenvalue weighted by atomic mass is 10.00. The Morgan fingerprint density at radius 1 is 1.10 bits per heavy atom. The van der Waals surface area contributed by atoms with E-state index in [4.69, 9.17) is 4.74 Å². The van der Waals surface area contributed by atoms with E-state index in [1.807, 2.05) is 37.3 Å². The summed E-state index contributed by atoms with van der Waals surface area (Å²) in [6, 6.07) is 18.1. The van der Waals surface area contributed by atoms with Gasteiger partial charge in [0.25, 0.3) is 0 Å². The van der Waals surface area contributed by atoms with E-state index in [9.17, 15) is 4.79 Å². The number of benzene rings is 2. The third kappa shape index (κ3) is 6.11. The van der Waals surface area contributed by atoms with Gasteiger partial charge in [0, 0.05) is 26.2 Å². The van der Waals surface area contributed by atoms with Crippen LogP contribution in [0.3, 0.4) is 0 Å². The van der Waals surface area contributed by atoms with Crippen molar-refractivity contribution in [2.45, 2.75) is 19.9 Å². The zero-order valence-corrected chi connectivity index (χ0v) is 17.7. The van der Waals surface area contributed by atoms with Crippen molar-refractivity contribution in [3.63, 3.8) is 0 Å². The maximum atomic E-state index is 12.3. The molecule has 1 aliphatic rings. The van der Waals surface area contributed by atoms with Crippen molar-refractivity contribution in [1.29, 1.82) is 0 Å². The van der Waals surface area contributed by atoms with Crippen molar-refractivity contribution in [1.82, 2.24) is 15.5 Å². The smallest absolute Gasteiger partial charge is 0.242 e. The van der Waals surface area contributed by atoms with Gasteiger partial charge in [-0.3, -0.25) is 4.79 Å². The number of ether oxygens (including phenoxy) is 1. The van der Waals surface area contributed by atoms with Gasteiger partial charge in [-0.25, -0.2) is 4.99 Å². The first-order valence-electron chi connectivity index (χ1n) is 10.4. The van der Waals surface area contributed by atoms with E-state index < -0.39 is 0 Å². The summed E-state index contributed by atoms with van der Waals surface area (Å²) in [4.78, 5) is 19.0. The van der Waals surface area contributed by atoms with E-state index in [-0.39, 0.29) is 12.5 Å². The number of carbonyl (C=O) groups excluding carboxylic acids is 1. The minimum atomic E-state index is -0.0984. The second kappa shape index (κ2) is 11.0. The third-order valence-electron chi connectivity index (χ3n) is 5.01. The second-order valence-corrected chi connectivity index (χ2v) is 7.09. The summed E-state index contributed by atoms with van der Waals surface area (Å²) in [5.74, 6) is 1.48. The Morgan fingerprint density at radius 3 is 2.50 bits per heavy atom. The number of methoxy groups -OCH3 is 1. The van der Waals surface area contributed by atoms with Gasteiger partial charge in [0.2, 0.25) is 5.91 Å². The first kappa shape index (κ1) is 21.4. The molecule has 2 aromatic rings. The molecule has 6 heteroatoms. The van der Waals surface area contributed by atoms with E-state index in [0.717, 1.165) is 43.3 Å². The minimum absolute atomic E-state index is 0.0984. The van der Waals surface area contributed by atoms with Gasteiger partial charge in [-0.05, 0) is 42.2 Å². The maximum Gasteiger partial charge on any atom is 0.242 e. The molecule has 0 saturated carbocycles. The average molecular weight is 407 g/mol. The number of nitrogens with one attached hydrogen (secondary N) is 2. The van der Waals surface area contributed by atoms with E-state index in [0.29, 0.717) is 6.54 Å². The summed E-state index contributed by atoms with van der Waals surface area (Å²) >= 11 is 0. The van der Waals surface area contributed by atoms with E-state index in [2.05, 4.69) is 50.9 Å². The van der Waals surface area contributed by atoms with Crippen LogP contribution >= 0.6 is 0 Å². The highest BCUT2D eigenvalue weighted by molar-refractivity contribution is 5.85. The van der Waals surface area contributed by atoms with Crippen LogP contribution in [0.5, 0.6) is 5.75 Å². The lowest BCUT2D eigenvalue weighted by molar-refractivity contribution is -0.119. The Hall–Kier alpha value is -3.28. The second-order valence-electron chi connectivity index (χ2n) is 7.09. The van der Waals surface area contributed by atoms with Crippen molar-refractivity contribution >= 4 is 17.4 Å². The normalized spacial score (nSPS) is 14.1. The standard InChI is InChI=1S/C24H30N4O2/c1-3-25-24(28-15-13-21(14-16-28)20-7-5-4-6-8-20)27-18-23(29)26-17-19-9-11-22(30-2)12-10-19/h4-13H,3,14-18H2,1-2H3,(H,25,27)(H,26,29). The molecule has 0 radical (unpaired) electrons. The van der Waals surface area contributed by atoms with Gasteiger partial charge in [-0.2, -0.15) is 0 Å². The number of aliphatic imine (C=N–C) groups is 1. The molecule has 1 aliphatic heterocycles. The molecular formula is C24H30N4O2. The van der Waals surface area contributed by atoms with Crippen LogP contribution in [0.2, 0.25) is 0 Å². The Bertz CT molecular complexity index is 876. The zero-order valence-electron chi connectivity index (χ0n) is 17.7. The maximum absolute atomic E-state index is 12.3. The van der Waals surface area contributed by atoms with Crippen LogP contribution in [0.15, 0.2) is 65.7 Å². The molecule has 2 aromatic carbocycles. The van der Waals surface area contributed by atoms with Crippen LogP contribution < -0.4 is 15.4 Å². The first-order valence-corrected chi connectivity index (χ1v) is 10.4. The monoisotopic (exact) mass is 406 g/mol. The molecule has 1 amide bonds. The molecule has 0 atom stereocenters. The molecule has 0 aromatic heterocycles. The molecule has 0 saturated heterocycles. The molecule has 0 aliphatic carbocycles. The largest absolute Gasteiger partial charge is 0.497 e. The highest BCUT2D eigenvalue weighted by atomic mass is 16.5. The summed E-state index contributed by atoms with van der Waals surface area (Å²) < 4.78 is 5.15. The predicted molar refractivity (Wildman–Crippen MR) is 121 cm³/mol. The lowest BCUT2D eigenvalue weighted by Gasteiger charge is -2.29. The number of rotatable bonds is 7. The van der Waals surface area contributed by atoms with Crippen molar-refractivity contribution in [2.24, 2.45) is 4.99 Å². The molecule has 30 heavy (non-hydrogen) atoms. The fraction of sp³-hybridized carbons (Fsp3) is 0.333. The highest BCUT2D eigenvalue weighted by Crippen LogP contribution is 2.21. The highest BCUT2D eigenvalue weighted by Gasteiger charge is 2.16. The molecular weight excluding hydrogens is 376 g/mol. The fourth-order valence-electron chi connectivity index (χ4n) is 3.35. The SMILES string of the molecule is CCNC(=NCC(=O)NCc1ccc(OC)cc1)N1CC=C(c2ccccc2)CC1. The van der Waals surface area contributed by atoms with Gasteiger partial charge in [0.15, 0.2) is 5.96 Å². The summed E-state index contributed by atoms with van der Waals surface area (Å²) in [6.07, 6.45) is 3.20. The predicted octanol–water partition coefficient (Wildman–Crippen LogP) is 3.07. The number of carbonyl (C=O) groups is 1. The van der Waals surface area contributed by atoms with Gasteiger partial charge >= 0.3 is 0 Å². The van der Waals surface area contributed by atoms with Crippen LogP contribution in [0.4, 0.5) is 0 Å². The summed E-state index contributed by atoms with van der Waals surface area (Å²) in [5, 5.41) is 6.22. The minimum Gasteiger partial charge on any atom is -0.497 e. The lowest BCUT2D eigenvalue weighted by Crippen LogP contribution is -2.44. The summed E-state index contributed by atoms with van der Waals surface area (Å²) in [7, 11) is 1.64. The molecule has 3 rings (SSSR count). The molecule has 1 heterocycles. The quantitative estimate of drug-likeness (QED) is 0.548. The molecule has 6 nitrogen and oxygen atoms in total. The fourth-order valence-corrected chi connectivity index (χ4v) is 3.35. The van der Waals surface area contributed by atoms with E-state index in [1.54, 1.807) is 7.11 Å². The number of hydrogen-bond donors (Lipinski definition) is 2. The van der Waals surface area contributed by atoms with Crippen LogP contribution in [-0.4, -0.2) is 50.1 Å². The number of amides is 1. The Balaban J connectivity index is 1.53. The van der Waals surface area contributed by atoms with Gasteiger partial charge in [-0.15, -0.1) is 0 Å². The summed E-state index contributed by atoms with van der Waals surface area (Å²) in [6.45, 7) is 5.03. The Labute approximate surface area is 178 Å². The van der Waals surface area contributed by atoms with Gasteiger partial charge in [0.05, 0.1) is 7.11 Å². The van der Waals surface area contributed by atoms with Gasteiger partial charge < -0.3 is 20.3 Å². The zero-order chi connectivity index (χ0) is 21.2. The topological polar surface area (TPSA) is 66.0 Å². The van der Waals surface area contributed by atoms with Crippen LogP contribution in [0.1, 0.15) is 24.5 Å². The molecule has 0 bridgehead atoms. The van der Waals surface area contributed by atoms with Crippen molar-refractivity contribution in [2.75, 3.05) is 33.3 Å². The van der Waals surface area contributed by atoms with E-state index >= 15 is 0 Å².